The van der Waals surface area contributed by atoms with E-state index in [0.29, 0.717) is 6.54 Å². The van der Waals surface area contributed by atoms with Gasteiger partial charge in [-0.15, -0.1) is 11.3 Å². The van der Waals surface area contributed by atoms with E-state index in [-0.39, 0.29) is 12.5 Å². The molecule has 1 N–H and O–H groups in total. The molecule has 0 aliphatic heterocycles. The number of hydrogen-bond donors (Lipinski definition) is 1. The number of para-hydroxylation sites is 1. The summed E-state index contributed by atoms with van der Waals surface area (Å²) in [6.07, 6.45) is 1.91. The number of nitrogens with zero attached hydrogens (tertiary/aromatic N) is 2. The van der Waals surface area contributed by atoms with Crippen LogP contribution in [0.4, 0.5) is 0 Å². The lowest BCUT2D eigenvalue weighted by molar-refractivity contribution is -0.121. The summed E-state index contributed by atoms with van der Waals surface area (Å²) in [5.41, 5.74) is 5.15. The van der Waals surface area contributed by atoms with Gasteiger partial charge in [-0.2, -0.15) is 0 Å². The van der Waals surface area contributed by atoms with E-state index in [4.69, 9.17) is 9.72 Å². The van der Waals surface area contributed by atoms with Crippen molar-refractivity contribution in [3.63, 3.8) is 0 Å². The number of rotatable bonds is 7. The number of carbonyl (C=O) groups excluding carboxylic acids is 1. The molecule has 0 spiro atoms. The molecule has 152 valence electrons. The lowest BCUT2D eigenvalue weighted by atomic mass is 10.1. The molecule has 0 radical (unpaired) electrons. The van der Waals surface area contributed by atoms with Crippen LogP contribution >= 0.6 is 11.3 Å². The largest absolute Gasteiger partial charge is 0.496 e. The van der Waals surface area contributed by atoms with Gasteiger partial charge in [0.25, 0.3) is 0 Å². The Morgan fingerprint density at radius 3 is 2.70 bits per heavy atom. The van der Waals surface area contributed by atoms with Crippen LogP contribution in [0.3, 0.4) is 0 Å². The third-order valence-electron chi connectivity index (χ3n) is 4.88. The zero-order chi connectivity index (χ0) is 20.9. The summed E-state index contributed by atoms with van der Waals surface area (Å²) in [6, 6.07) is 19.9. The SMILES string of the molecule is COc1ccccc1CNC(=O)Cn1cccc1-c1nc(-c2ccc(C)cc2)cs1. The summed E-state index contributed by atoms with van der Waals surface area (Å²) in [5.74, 6) is 0.708. The molecule has 2 heterocycles. The number of benzene rings is 2. The molecule has 0 aliphatic carbocycles. The fraction of sp³-hybridized carbons (Fsp3) is 0.167. The molecule has 0 unspecified atom stereocenters. The Bertz CT molecular complexity index is 1150. The Hall–Kier alpha value is -3.38. The number of thiazole rings is 1. The van der Waals surface area contributed by atoms with Crippen molar-refractivity contribution >= 4 is 17.2 Å². The number of ether oxygens (including phenoxy) is 1. The van der Waals surface area contributed by atoms with Gasteiger partial charge in [-0.25, -0.2) is 4.98 Å². The normalized spacial score (nSPS) is 10.7. The van der Waals surface area contributed by atoms with Crippen molar-refractivity contribution < 1.29 is 9.53 Å². The summed E-state index contributed by atoms with van der Waals surface area (Å²) in [6.45, 7) is 2.73. The molecule has 5 nitrogen and oxygen atoms in total. The van der Waals surface area contributed by atoms with Crippen molar-refractivity contribution in [1.82, 2.24) is 14.9 Å². The highest BCUT2D eigenvalue weighted by atomic mass is 32.1. The van der Waals surface area contributed by atoms with E-state index < -0.39 is 0 Å². The zero-order valence-electron chi connectivity index (χ0n) is 17.0. The predicted molar refractivity (Wildman–Crippen MR) is 121 cm³/mol. The van der Waals surface area contributed by atoms with E-state index in [1.165, 1.54) is 5.56 Å². The second kappa shape index (κ2) is 8.97. The van der Waals surface area contributed by atoms with Gasteiger partial charge >= 0.3 is 0 Å². The van der Waals surface area contributed by atoms with Crippen LogP contribution < -0.4 is 10.1 Å². The fourth-order valence-corrected chi connectivity index (χ4v) is 4.12. The number of hydrogen-bond acceptors (Lipinski definition) is 4. The maximum Gasteiger partial charge on any atom is 0.240 e. The molecule has 2 aromatic carbocycles. The number of carbonyl (C=O) groups is 1. The van der Waals surface area contributed by atoms with Gasteiger partial charge in [0.1, 0.15) is 17.3 Å². The average Bonchev–Trinajstić information content (AvgIpc) is 3.42. The molecule has 0 saturated heterocycles. The van der Waals surface area contributed by atoms with Gasteiger partial charge in [0, 0.05) is 29.2 Å². The summed E-state index contributed by atoms with van der Waals surface area (Å²) in [7, 11) is 1.63. The van der Waals surface area contributed by atoms with Crippen LogP contribution in [-0.4, -0.2) is 22.6 Å². The molecule has 4 rings (SSSR count). The van der Waals surface area contributed by atoms with E-state index in [0.717, 1.165) is 33.3 Å². The van der Waals surface area contributed by atoms with E-state index in [1.54, 1.807) is 18.4 Å². The third kappa shape index (κ3) is 4.44. The van der Waals surface area contributed by atoms with Crippen LogP contribution in [0.1, 0.15) is 11.1 Å². The molecular formula is C24H23N3O2S. The monoisotopic (exact) mass is 417 g/mol. The molecule has 4 aromatic rings. The van der Waals surface area contributed by atoms with Crippen LogP contribution in [0.2, 0.25) is 0 Å². The topological polar surface area (TPSA) is 56.1 Å². The Labute approximate surface area is 180 Å². The first-order valence-electron chi connectivity index (χ1n) is 9.70. The third-order valence-corrected chi connectivity index (χ3v) is 5.75. The number of nitrogens with one attached hydrogen (secondary N) is 1. The Morgan fingerprint density at radius 2 is 1.90 bits per heavy atom. The van der Waals surface area contributed by atoms with Crippen molar-refractivity contribution in [2.24, 2.45) is 0 Å². The Kier molecular flexibility index (Phi) is 5.95. The summed E-state index contributed by atoms with van der Waals surface area (Å²) < 4.78 is 7.27. The van der Waals surface area contributed by atoms with E-state index >= 15 is 0 Å². The second-order valence-corrected chi connectivity index (χ2v) is 7.87. The van der Waals surface area contributed by atoms with E-state index in [1.807, 2.05) is 47.2 Å². The van der Waals surface area contributed by atoms with Crippen molar-refractivity contribution in [1.29, 1.82) is 0 Å². The van der Waals surface area contributed by atoms with Crippen LogP contribution in [0.5, 0.6) is 5.75 Å². The molecule has 6 heteroatoms. The summed E-state index contributed by atoms with van der Waals surface area (Å²) in [5, 5.41) is 5.92. The van der Waals surface area contributed by atoms with Crippen LogP contribution in [0.25, 0.3) is 22.0 Å². The van der Waals surface area contributed by atoms with Gasteiger partial charge in [0.15, 0.2) is 0 Å². The molecular weight excluding hydrogens is 394 g/mol. The van der Waals surface area contributed by atoms with Crippen LogP contribution in [0, 0.1) is 6.92 Å². The quantitative estimate of drug-likeness (QED) is 0.465. The van der Waals surface area contributed by atoms with Gasteiger partial charge in [-0.1, -0.05) is 48.0 Å². The molecule has 30 heavy (non-hydrogen) atoms. The van der Waals surface area contributed by atoms with Crippen molar-refractivity contribution in [2.45, 2.75) is 20.0 Å². The predicted octanol–water partition coefficient (Wildman–Crippen LogP) is 4.91. The van der Waals surface area contributed by atoms with Gasteiger partial charge in [0.05, 0.1) is 18.5 Å². The lowest BCUT2D eigenvalue weighted by Gasteiger charge is -2.11. The number of amides is 1. The average molecular weight is 418 g/mol. The molecule has 0 saturated carbocycles. The van der Waals surface area contributed by atoms with Crippen LogP contribution in [-0.2, 0) is 17.9 Å². The highest BCUT2D eigenvalue weighted by Crippen LogP contribution is 2.29. The first-order chi connectivity index (χ1) is 14.6. The minimum atomic E-state index is -0.0614. The standard InChI is InChI=1S/C24H23N3O2S/c1-17-9-11-18(12-10-17)20-16-30-24(26-20)21-7-5-13-27(21)15-23(28)25-14-19-6-3-4-8-22(19)29-2/h3-13,16H,14-15H2,1-2H3,(H,25,28). The maximum absolute atomic E-state index is 12.5. The fourth-order valence-electron chi connectivity index (χ4n) is 3.25. The van der Waals surface area contributed by atoms with Crippen molar-refractivity contribution in [3.8, 4) is 27.7 Å². The number of methoxy groups -OCH3 is 1. The van der Waals surface area contributed by atoms with Crippen molar-refractivity contribution in [2.75, 3.05) is 7.11 Å². The van der Waals surface area contributed by atoms with E-state index in [2.05, 4.69) is 41.9 Å². The lowest BCUT2D eigenvalue weighted by Crippen LogP contribution is -2.27. The van der Waals surface area contributed by atoms with Gasteiger partial charge in [-0.3, -0.25) is 4.79 Å². The molecule has 0 atom stereocenters. The first kappa shape index (κ1) is 19.9. The highest BCUT2D eigenvalue weighted by Gasteiger charge is 2.13. The first-order valence-corrected chi connectivity index (χ1v) is 10.6. The highest BCUT2D eigenvalue weighted by molar-refractivity contribution is 7.13. The van der Waals surface area contributed by atoms with Crippen LogP contribution in [0.15, 0.2) is 72.2 Å². The van der Waals surface area contributed by atoms with Gasteiger partial charge < -0.3 is 14.6 Å². The smallest absolute Gasteiger partial charge is 0.240 e. The Morgan fingerprint density at radius 1 is 1.10 bits per heavy atom. The van der Waals surface area contributed by atoms with Gasteiger partial charge in [-0.05, 0) is 25.1 Å². The second-order valence-electron chi connectivity index (χ2n) is 7.01. The zero-order valence-corrected chi connectivity index (χ0v) is 17.8. The van der Waals surface area contributed by atoms with Gasteiger partial charge in [0.2, 0.25) is 5.91 Å². The van der Waals surface area contributed by atoms with Crippen molar-refractivity contribution in [3.05, 3.63) is 83.4 Å². The molecule has 0 aliphatic rings. The number of aryl methyl sites for hydroxylation is 1. The molecule has 0 bridgehead atoms. The van der Waals surface area contributed by atoms with E-state index in [9.17, 15) is 4.79 Å². The maximum atomic E-state index is 12.5. The minimum absolute atomic E-state index is 0.0614. The summed E-state index contributed by atoms with van der Waals surface area (Å²) >= 11 is 1.58. The number of aromatic nitrogens is 2. The molecule has 1 amide bonds. The summed E-state index contributed by atoms with van der Waals surface area (Å²) in [4.78, 5) is 17.3. The minimum Gasteiger partial charge on any atom is -0.496 e. The molecule has 0 fully saturated rings. The molecule has 2 aromatic heterocycles. The Balaban J connectivity index is 1.44.